The van der Waals surface area contributed by atoms with Crippen LogP contribution in [-0.4, -0.2) is 45.2 Å². The van der Waals surface area contributed by atoms with Gasteiger partial charge >= 0.3 is 0 Å². The molecule has 0 aliphatic rings. The topological polar surface area (TPSA) is 84.0 Å². The van der Waals surface area contributed by atoms with Crippen LogP contribution in [-0.2, 0) is 11.3 Å². The third kappa shape index (κ3) is 8.80. The summed E-state index contributed by atoms with van der Waals surface area (Å²) in [5.74, 6) is 1.91. The number of amides is 1. The fraction of sp³-hybridized carbons (Fsp3) is 0.529. The van der Waals surface area contributed by atoms with Gasteiger partial charge in [0.15, 0.2) is 5.96 Å². The van der Waals surface area contributed by atoms with Gasteiger partial charge in [-0.05, 0) is 32.9 Å². The first-order valence-electron chi connectivity index (χ1n) is 7.75. The molecule has 3 N–H and O–H groups in total. The van der Waals surface area contributed by atoms with Crippen LogP contribution in [0.3, 0.4) is 0 Å². The summed E-state index contributed by atoms with van der Waals surface area (Å²) in [6, 6.07) is 5.61. The molecule has 25 heavy (non-hydrogen) atoms. The lowest BCUT2D eigenvalue weighted by Crippen LogP contribution is -2.48. The number of aliphatic imine (C=N–C) groups is 1. The summed E-state index contributed by atoms with van der Waals surface area (Å²) in [4.78, 5) is 15.9. The molecular weight excluding hydrogens is 435 g/mol. The van der Waals surface area contributed by atoms with Gasteiger partial charge in [-0.25, -0.2) is 0 Å². The van der Waals surface area contributed by atoms with E-state index in [4.69, 9.17) is 9.47 Å². The summed E-state index contributed by atoms with van der Waals surface area (Å²) in [5.41, 5.74) is 0.701. The van der Waals surface area contributed by atoms with E-state index in [9.17, 15) is 4.79 Å². The predicted molar refractivity (Wildman–Crippen MR) is 111 cm³/mol. The minimum Gasteiger partial charge on any atom is -0.497 e. The largest absolute Gasteiger partial charge is 0.497 e. The van der Waals surface area contributed by atoms with Gasteiger partial charge in [0.05, 0.1) is 20.8 Å². The Morgan fingerprint density at radius 1 is 1.16 bits per heavy atom. The van der Waals surface area contributed by atoms with E-state index < -0.39 is 0 Å². The quantitative estimate of drug-likeness (QED) is 0.341. The number of carbonyl (C=O) groups excluding carboxylic acids is 1. The lowest BCUT2D eigenvalue weighted by molar-refractivity contribution is -0.121. The maximum atomic E-state index is 11.8. The van der Waals surface area contributed by atoms with E-state index in [1.54, 1.807) is 21.3 Å². The number of hydrogen-bond donors (Lipinski definition) is 3. The first-order chi connectivity index (χ1) is 11.3. The van der Waals surface area contributed by atoms with Crippen molar-refractivity contribution in [2.75, 3.05) is 27.8 Å². The zero-order valence-corrected chi connectivity index (χ0v) is 18.1. The van der Waals surface area contributed by atoms with Gasteiger partial charge in [0.25, 0.3) is 0 Å². The summed E-state index contributed by atoms with van der Waals surface area (Å²) in [6.07, 6.45) is 0. The van der Waals surface area contributed by atoms with E-state index >= 15 is 0 Å². The van der Waals surface area contributed by atoms with Crippen molar-refractivity contribution in [3.8, 4) is 11.5 Å². The van der Waals surface area contributed by atoms with E-state index in [-0.39, 0.29) is 42.0 Å². The van der Waals surface area contributed by atoms with Gasteiger partial charge in [0, 0.05) is 30.8 Å². The molecule has 0 atom stereocenters. The van der Waals surface area contributed by atoms with Gasteiger partial charge in [-0.2, -0.15) is 0 Å². The Bertz CT molecular complexity index is 586. The second-order valence-corrected chi connectivity index (χ2v) is 6.26. The number of ether oxygens (including phenoxy) is 2. The van der Waals surface area contributed by atoms with Gasteiger partial charge in [-0.15, -0.1) is 24.0 Å². The highest BCUT2D eigenvalue weighted by Crippen LogP contribution is 2.24. The molecule has 0 saturated heterocycles. The molecule has 0 saturated carbocycles. The molecule has 1 rings (SSSR count). The fourth-order valence-electron chi connectivity index (χ4n) is 2.02. The molecule has 142 valence electrons. The van der Waals surface area contributed by atoms with Crippen LogP contribution in [0.4, 0.5) is 0 Å². The average Bonchev–Trinajstić information content (AvgIpc) is 2.53. The second kappa shape index (κ2) is 11.0. The Labute approximate surface area is 167 Å². The SMILES string of the molecule is CN=C(NCC(=O)NC(C)(C)C)NCc1ccc(OC)cc1OC.I. The van der Waals surface area contributed by atoms with E-state index in [2.05, 4.69) is 20.9 Å². The van der Waals surface area contributed by atoms with E-state index in [1.165, 1.54) is 0 Å². The zero-order chi connectivity index (χ0) is 18.2. The molecule has 0 unspecified atom stereocenters. The van der Waals surface area contributed by atoms with Gasteiger partial charge in [-0.1, -0.05) is 0 Å². The highest BCUT2D eigenvalue weighted by molar-refractivity contribution is 14.0. The lowest BCUT2D eigenvalue weighted by Gasteiger charge is -2.21. The summed E-state index contributed by atoms with van der Waals surface area (Å²) in [5, 5.41) is 9.02. The molecule has 7 nitrogen and oxygen atoms in total. The number of nitrogens with zero attached hydrogens (tertiary/aromatic N) is 1. The van der Waals surface area contributed by atoms with E-state index in [0.717, 1.165) is 17.1 Å². The minimum absolute atomic E-state index is 0. The molecule has 0 aliphatic carbocycles. The predicted octanol–water partition coefficient (Wildman–Crippen LogP) is 1.90. The maximum Gasteiger partial charge on any atom is 0.239 e. The number of benzene rings is 1. The number of halogens is 1. The van der Waals surface area contributed by atoms with Crippen molar-refractivity contribution in [3.63, 3.8) is 0 Å². The monoisotopic (exact) mass is 464 g/mol. The molecule has 0 aliphatic heterocycles. The highest BCUT2D eigenvalue weighted by atomic mass is 127. The van der Waals surface area contributed by atoms with Crippen LogP contribution in [0.15, 0.2) is 23.2 Å². The van der Waals surface area contributed by atoms with E-state index in [1.807, 2.05) is 39.0 Å². The Hall–Kier alpha value is -1.71. The minimum atomic E-state index is -0.258. The van der Waals surface area contributed by atoms with Crippen LogP contribution in [0.5, 0.6) is 11.5 Å². The number of hydrogen-bond acceptors (Lipinski definition) is 4. The highest BCUT2D eigenvalue weighted by Gasteiger charge is 2.13. The Kier molecular flexibility index (Phi) is 10.3. The van der Waals surface area contributed by atoms with Crippen molar-refractivity contribution in [2.45, 2.75) is 32.9 Å². The molecule has 0 spiro atoms. The number of rotatable bonds is 6. The van der Waals surface area contributed by atoms with Crippen LogP contribution >= 0.6 is 24.0 Å². The molecule has 0 radical (unpaired) electrons. The molecule has 0 heterocycles. The normalized spacial score (nSPS) is 11.2. The second-order valence-electron chi connectivity index (χ2n) is 6.26. The standard InChI is InChI=1S/C17H28N4O3.HI/c1-17(2,3)21-15(22)11-20-16(18-4)19-10-12-7-8-13(23-5)9-14(12)24-6;/h7-9H,10-11H2,1-6H3,(H,21,22)(H2,18,19,20);1H. The van der Waals surface area contributed by atoms with Crippen LogP contribution in [0.2, 0.25) is 0 Å². The maximum absolute atomic E-state index is 11.8. The molecule has 1 aromatic rings. The summed E-state index contributed by atoms with van der Waals surface area (Å²) in [7, 11) is 4.88. The third-order valence-electron chi connectivity index (χ3n) is 3.09. The van der Waals surface area contributed by atoms with Crippen molar-refractivity contribution in [2.24, 2.45) is 4.99 Å². The van der Waals surface area contributed by atoms with Crippen molar-refractivity contribution in [1.29, 1.82) is 0 Å². The number of methoxy groups -OCH3 is 2. The Morgan fingerprint density at radius 2 is 1.84 bits per heavy atom. The fourth-order valence-corrected chi connectivity index (χ4v) is 2.02. The Balaban J connectivity index is 0.00000576. The zero-order valence-electron chi connectivity index (χ0n) is 15.7. The average molecular weight is 464 g/mol. The van der Waals surface area contributed by atoms with Crippen molar-refractivity contribution in [1.82, 2.24) is 16.0 Å². The number of nitrogens with one attached hydrogen (secondary N) is 3. The van der Waals surface area contributed by atoms with Crippen molar-refractivity contribution < 1.29 is 14.3 Å². The first-order valence-corrected chi connectivity index (χ1v) is 7.75. The van der Waals surface area contributed by atoms with Crippen molar-refractivity contribution in [3.05, 3.63) is 23.8 Å². The molecule has 1 amide bonds. The number of guanidine groups is 1. The first kappa shape index (κ1) is 23.3. The van der Waals surface area contributed by atoms with Crippen LogP contribution in [0.1, 0.15) is 26.3 Å². The number of carbonyl (C=O) groups is 1. The Morgan fingerprint density at radius 3 is 2.36 bits per heavy atom. The van der Waals surface area contributed by atoms with Gasteiger partial charge in [0.1, 0.15) is 11.5 Å². The summed E-state index contributed by atoms with van der Waals surface area (Å²) < 4.78 is 10.5. The molecule has 0 fully saturated rings. The smallest absolute Gasteiger partial charge is 0.239 e. The lowest BCUT2D eigenvalue weighted by atomic mass is 10.1. The van der Waals surface area contributed by atoms with Gasteiger partial charge < -0.3 is 25.4 Å². The molecule has 1 aromatic carbocycles. The van der Waals surface area contributed by atoms with E-state index in [0.29, 0.717) is 12.5 Å². The third-order valence-corrected chi connectivity index (χ3v) is 3.09. The summed E-state index contributed by atoms with van der Waals surface area (Å²) >= 11 is 0. The van der Waals surface area contributed by atoms with Crippen LogP contribution in [0.25, 0.3) is 0 Å². The molecular formula is C17H29IN4O3. The van der Waals surface area contributed by atoms with Crippen molar-refractivity contribution >= 4 is 35.8 Å². The van der Waals surface area contributed by atoms with Crippen LogP contribution in [0, 0.1) is 0 Å². The van der Waals surface area contributed by atoms with Crippen LogP contribution < -0.4 is 25.4 Å². The van der Waals surface area contributed by atoms with Gasteiger partial charge in [-0.3, -0.25) is 9.79 Å². The molecule has 8 heteroatoms. The van der Waals surface area contributed by atoms with Gasteiger partial charge in [0.2, 0.25) is 5.91 Å². The summed E-state index contributed by atoms with van der Waals surface area (Å²) in [6.45, 7) is 6.47. The molecule has 0 aromatic heterocycles. The molecule has 0 bridgehead atoms.